The van der Waals surface area contributed by atoms with E-state index in [0.717, 1.165) is 0 Å². The Morgan fingerprint density at radius 3 is 2.45 bits per heavy atom. The monoisotopic (exact) mass is 296 g/mol. The van der Waals surface area contributed by atoms with Gasteiger partial charge in [0.2, 0.25) is 10.0 Å². The number of nitrogens with one attached hydrogen (secondary N) is 1. The predicted octanol–water partition coefficient (Wildman–Crippen LogP) is 1.78. The lowest BCUT2D eigenvalue weighted by atomic mass is 10.1. The van der Waals surface area contributed by atoms with Crippen LogP contribution in [0.15, 0.2) is 34.1 Å². The van der Waals surface area contributed by atoms with Crippen LogP contribution in [0.1, 0.15) is 16.8 Å². The Kier molecular flexibility index (Phi) is 4.10. The van der Waals surface area contributed by atoms with E-state index in [2.05, 4.69) is 9.71 Å². The summed E-state index contributed by atoms with van der Waals surface area (Å²) in [6.07, 6.45) is 2.66. The number of hydrogen-bond donors (Lipinski definition) is 1. The van der Waals surface area contributed by atoms with E-state index in [4.69, 9.17) is 9.15 Å². The smallest absolute Gasteiger partial charge is 0.241 e. The molecule has 20 heavy (non-hydrogen) atoms. The molecule has 0 amide bonds. The van der Waals surface area contributed by atoms with Crippen molar-refractivity contribution in [3.05, 3.63) is 41.6 Å². The van der Waals surface area contributed by atoms with Gasteiger partial charge >= 0.3 is 0 Å². The minimum Gasteiger partial charge on any atom is -0.497 e. The van der Waals surface area contributed by atoms with Crippen LogP contribution in [0, 0.1) is 13.8 Å². The standard InChI is InChI=1S/C13H16N2O4S/c1-9-4-12(18-3)5-10(2)13(9)20(16,17)15-6-11-7-19-8-14-11/h4-5,7-8,15H,6H2,1-3H3. The molecule has 0 saturated carbocycles. The number of aromatic nitrogens is 1. The highest BCUT2D eigenvalue weighted by molar-refractivity contribution is 7.89. The van der Waals surface area contributed by atoms with Crippen LogP contribution in [0.25, 0.3) is 0 Å². The van der Waals surface area contributed by atoms with Crippen molar-refractivity contribution in [1.82, 2.24) is 9.71 Å². The summed E-state index contributed by atoms with van der Waals surface area (Å²) in [6.45, 7) is 3.56. The van der Waals surface area contributed by atoms with Crippen molar-refractivity contribution in [2.45, 2.75) is 25.3 Å². The fraction of sp³-hybridized carbons (Fsp3) is 0.308. The number of nitrogens with zero attached hydrogens (tertiary/aromatic N) is 1. The fourth-order valence-electron chi connectivity index (χ4n) is 2.02. The van der Waals surface area contributed by atoms with Gasteiger partial charge in [-0.1, -0.05) is 0 Å². The van der Waals surface area contributed by atoms with E-state index in [1.807, 2.05) is 0 Å². The molecular weight excluding hydrogens is 280 g/mol. The first-order chi connectivity index (χ1) is 9.44. The second-order valence-electron chi connectivity index (χ2n) is 4.39. The van der Waals surface area contributed by atoms with Crippen molar-refractivity contribution in [3.63, 3.8) is 0 Å². The van der Waals surface area contributed by atoms with Crippen molar-refractivity contribution in [2.24, 2.45) is 0 Å². The van der Waals surface area contributed by atoms with Gasteiger partial charge in [-0.3, -0.25) is 0 Å². The molecule has 108 valence electrons. The Balaban J connectivity index is 2.29. The summed E-state index contributed by atoms with van der Waals surface area (Å²) in [5.41, 5.74) is 1.79. The quantitative estimate of drug-likeness (QED) is 0.909. The summed E-state index contributed by atoms with van der Waals surface area (Å²) in [6, 6.07) is 3.38. The van der Waals surface area contributed by atoms with E-state index in [9.17, 15) is 8.42 Å². The first kappa shape index (κ1) is 14.5. The zero-order valence-electron chi connectivity index (χ0n) is 11.5. The van der Waals surface area contributed by atoms with Crippen LogP contribution < -0.4 is 9.46 Å². The molecular formula is C13H16N2O4S. The Bertz CT molecular complexity index is 670. The number of sulfonamides is 1. The largest absolute Gasteiger partial charge is 0.497 e. The lowest BCUT2D eigenvalue weighted by Gasteiger charge is -2.13. The van der Waals surface area contributed by atoms with E-state index in [1.54, 1.807) is 33.1 Å². The number of benzene rings is 1. The van der Waals surface area contributed by atoms with E-state index in [1.165, 1.54) is 12.7 Å². The van der Waals surface area contributed by atoms with Gasteiger partial charge in [0.1, 0.15) is 12.0 Å². The number of hydrogen-bond acceptors (Lipinski definition) is 5. The maximum atomic E-state index is 12.4. The van der Waals surface area contributed by atoms with Gasteiger partial charge in [-0.05, 0) is 37.1 Å². The van der Waals surface area contributed by atoms with Crippen LogP contribution >= 0.6 is 0 Å². The number of rotatable bonds is 5. The van der Waals surface area contributed by atoms with E-state index in [-0.39, 0.29) is 11.4 Å². The van der Waals surface area contributed by atoms with Crippen molar-refractivity contribution in [2.75, 3.05) is 7.11 Å². The molecule has 0 fully saturated rings. The molecule has 0 aliphatic carbocycles. The molecule has 1 N–H and O–H groups in total. The normalized spacial score (nSPS) is 11.6. The summed E-state index contributed by atoms with van der Waals surface area (Å²) in [5.74, 6) is 0.635. The van der Waals surface area contributed by atoms with Gasteiger partial charge in [0.25, 0.3) is 0 Å². The third kappa shape index (κ3) is 3.00. The predicted molar refractivity (Wildman–Crippen MR) is 73.0 cm³/mol. The molecule has 1 aromatic heterocycles. The molecule has 0 radical (unpaired) electrons. The molecule has 1 heterocycles. The molecule has 0 unspecified atom stereocenters. The zero-order valence-corrected chi connectivity index (χ0v) is 12.3. The van der Waals surface area contributed by atoms with Gasteiger partial charge in [-0.2, -0.15) is 0 Å². The van der Waals surface area contributed by atoms with Crippen molar-refractivity contribution < 1.29 is 17.6 Å². The lowest BCUT2D eigenvalue weighted by molar-refractivity contribution is 0.413. The number of methoxy groups -OCH3 is 1. The van der Waals surface area contributed by atoms with Crippen LogP contribution in [0.2, 0.25) is 0 Å². The summed E-state index contributed by atoms with van der Waals surface area (Å²) in [7, 11) is -2.06. The molecule has 0 aliphatic heterocycles. The average Bonchev–Trinajstić information content (AvgIpc) is 2.88. The Labute approximate surface area is 117 Å². The van der Waals surface area contributed by atoms with Crippen LogP contribution in [-0.4, -0.2) is 20.5 Å². The highest BCUT2D eigenvalue weighted by atomic mass is 32.2. The molecule has 0 bridgehead atoms. The third-order valence-corrected chi connectivity index (χ3v) is 4.57. The number of ether oxygens (including phenoxy) is 1. The maximum absolute atomic E-state index is 12.4. The Morgan fingerprint density at radius 2 is 1.95 bits per heavy atom. The first-order valence-electron chi connectivity index (χ1n) is 5.96. The van der Waals surface area contributed by atoms with Gasteiger partial charge in [0, 0.05) is 0 Å². The topological polar surface area (TPSA) is 81.4 Å². The minimum atomic E-state index is -3.61. The molecule has 7 heteroatoms. The molecule has 2 rings (SSSR count). The van der Waals surface area contributed by atoms with E-state index < -0.39 is 10.0 Å². The molecule has 0 spiro atoms. The van der Waals surface area contributed by atoms with Crippen molar-refractivity contribution in [1.29, 1.82) is 0 Å². The summed E-state index contributed by atoms with van der Waals surface area (Å²) < 4.78 is 37.1. The second-order valence-corrected chi connectivity index (χ2v) is 6.10. The summed E-state index contributed by atoms with van der Waals surface area (Å²) in [4.78, 5) is 4.14. The molecule has 0 atom stereocenters. The first-order valence-corrected chi connectivity index (χ1v) is 7.44. The van der Waals surface area contributed by atoms with Crippen LogP contribution in [0.5, 0.6) is 5.75 Å². The van der Waals surface area contributed by atoms with E-state index >= 15 is 0 Å². The van der Waals surface area contributed by atoms with Gasteiger partial charge in [0.05, 0.1) is 24.2 Å². The van der Waals surface area contributed by atoms with E-state index in [0.29, 0.717) is 22.6 Å². The van der Waals surface area contributed by atoms with Gasteiger partial charge in [0.15, 0.2) is 6.39 Å². The molecule has 1 aromatic carbocycles. The van der Waals surface area contributed by atoms with Gasteiger partial charge < -0.3 is 9.15 Å². The Hall–Kier alpha value is -1.86. The number of aryl methyl sites for hydroxylation is 2. The van der Waals surface area contributed by atoms with Gasteiger partial charge in [-0.15, -0.1) is 0 Å². The van der Waals surface area contributed by atoms with Crippen LogP contribution in [0.3, 0.4) is 0 Å². The van der Waals surface area contributed by atoms with Crippen LogP contribution in [0.4, 0.5) is 0 Å². The summed E-state index contributed by atoms with van der Waals surface area (Å²) >= 11 is 0. The summed E-state index contributed by atoms with van der Waals surface area (Å²) in [5, 5.41) is 0. The van der Waals surface area contributed by atoms with Gasteiger partial charge in [-0.25, -0.2) is 18.1 Å². The molecule has 0 aliphatic rings. The molecule has 0 saturated heterocycles. The highest BCUT2D eigenvalue weighted by Crippen LogP contribution is 2.25. The maximum Gasteiger partial charge on any atom is 0.241 e. The fourth-order valence-corrected chi connectivity index (χ4v) is 3.47. The SMILES string of the molecule is COc1cc(C)c(S(=O)(=O)NCc2cocn2)c(C)c1. The third-order valence-electron chi connectivity index (χ3n) is 2.87. The molecule has 6 nitrogen and oxygen atoms in total. The van der Waals surface area contributed by atoms with Crippen LogP contribution in [-0.2, 0) is 16.6 Å². The lowest BCUT2D eigenvalue weighted by Crippen LogP contribution is -2.25. The van der Waals surface area contributed by atoms with Crippen molar-refractivity contribution >= 4 is 10.0 Å². The van der Waals surface area contributed by atoms with Crippen molar-refractivity contribution in [3.8, 4) is 5.75 Å². The molecule has 2 aromatic rings. The highest BCUT2D eigenvalue weighted by Gasteiger charge is 2.20. The average molecular weight is 296 g/mol. The zero-order chi connectivity index (χ0) is 14.8. The number of oxazole rings is 1. The minimum absolute atomic E-state index is 0.0870. The second kappa shape index (κ2) is 5.64. The Morgan fingerprint density at radius 1 is 1.30 bits per heavy atom.